The van der Waals surface area contributed by atoms with E-state index in [-0.39, 0.29) is 30.5 Å². The number of rotatable bonds is 7. The smallest absolute Gasteiger partial charge is 0.432 e. The average molecular weight is 494 g/mol. The molecule has 3 rings (SSSR count). The van der Waals surface area contributed by atoms with Crippen LogP contribution in [0.15, 0.2) is 23.0 Å². The first-order valence-corrected chi connectivity index (χ1v) is 11.1. The highest BCUT2D eigenvalue weighted by atomic mass is 35.5. The summed E-state index contributed by atoms with van der Waals surface area (Å²) in [7, 11) is 0. The number of carbonyl (C=O) groups is 1. The van der Waals surface area contributed by atoms with Crippen LogP contribution in [0.2, 0.25) is 5.02 Å². The van der Waals surface area contributed by atoms with E-state index in [0.717, 1.165) is 24.2 Å². The molecule has 3 N–H and O–H groups in total. The van der Waals surface area contributed by atoms with Gasteiger partial charge in [0.05, 0.1) is 6.10 Å². The molecule has 1 aliphatic rings. The quantitative estimate of drug-likeness (QED) is 0.551. The number of aromatic nitrogens is 1. The number of nitrogens with one attached hydrogen (secondary N) is 2. The molecule has 1 saturated heterocycles. The predicted molar refractivity (Wildman–Crippen MR) is 115 cm³/mol. The number of aromatic amines is 1. The second-order valence-corrected chi connectivity index (χ2v) is 9.03. The van der Waals surface area contributed by atoms with Gasteiger partial charge < -0.3 is 25.0 Å². The fraction of sp³-hybridized carbons (Fsp3) is 0.500. The number of alkyl halides is 3. The Morgan fingerprint density at radius 2 is 2.09 bits per heavy atom. The molecule has 0 spiro atoms. The number of β-amino-alcohol motifs (C(OH)–C–C–N with tert-alkyl or cyclic N) is 1. The van der Waals surface area contributed by atoms with E-state index in [4.69, 9.17) is 16.3 Å². The zero-order valence-electron chi connectivity index (χ0n) is 17.2. The number of piperidine rings is 1. The number of aliphatic hydroxyl groups excluding tert-OH is 1. The summed E-state index contributed by atoms with van der Waals surface area (Å²) in [6.07, 6.45) is -4.30. The van der Waals surface area contributed by atoms with Crippen LogP contribution in [-0.2, 0) is 6.18 Å². The van der Waals surface area contributed by atoms with Crippen LogP contribution in [-0.4, -0.2) is 59.3 Å². The van der Waals surface area contributed by atoms with Crippen molar-refractivity contribution in [2.24, 2.45) is 0 Å². The largest absolute Gasteiger partial charge is 0.490 e. The number of carbonyl (C=O) groups excluding carboxylic acids is 1. The van der Waals surface area contributed by atoms with Crippen LogP contribution >= 0.6 is 22.9 Å². The minimum atomic E-state index is -4.85. The van der Waals surface area contributed by atoms with Gasteiger partial charge in [0.1, 0.15) is 22.4 Å². The van der Waals surface area contributed by atoms with Crippen LogP contribution in [0.5, 0.6) is 5.75 Å². The number of nitrogens with zero attached hydrogens (tertiary/aromatic N) is 1. The number of hydrogen-bond donors (Lipinski definition) is 3. The number of halogens is 4. The fourth-order valence-electron chi connectivity index (χ4n) is 3.48. The van der Waals surface area contributed by atoms with Gasteiger partial charge in [-0.05, 0) is 43.5 Å². The van der Waals surface area contributed by atoms with Crippen molar-refractivity contribution in [3.05, 3.63) is 49.0 Å². The molecule has 1 aliphatic heterocycles. The Morgan fingerprint density at radius 3 is 2.72 bits per heavy atom. The van der Waals surface area contributed by atoms with Gasteiger partial charge in [0.25, 0.3) is 5.91 Å². The van der Waals surface area contributed by atoms with Crippen molar-refractivity contribution >= 4 is 28.8 Å². The van der Waals surface area contributed by atoms with Gasteiger partial charge in [-0.1, -0.05) is 22.9 Å². The lowest BCUT2D eigenvalue weighted by molar-refractivity contribution is -0.141. The van der Waals surface area contributed by atoms with E-state index in [2.05, 4.69) is 5.32 Å². The number of aliphatic hydroxyl groups is 1. The first kappa shape index (κ1) is 24.6. The summed E-state index contributed by atoms with van der Waals surface area (Å²) >= 11 is 6.14. The summed E-state index contributed by atoms with van der Waals surface area (Å²) in [5.41, 5.74) is -0.426. The number of H-pyrrole nitrogens is 1. The third-order valence-corrected chi connectivity index (χ3v) is 6.19. The molecule has 1 amide bonds. The average Bonchev–Trinajstić information content (AvgIpc) is 3.12. The molecule has 0 aliphatic carbocycles. The van der Waals surface area contributed by atoms with Gasteiger partial charge >= 0.3 is 11.0 Å². The highest BCUT2D eigenvalue weighted by Crippen LogP contribution is 2.31. The Kier molecular flexibility index (Phi) is 7.86. The van der Waals surface area contributed by atoms with Gasteiger partial charge in [-0.3, -0.25) is 9.59 Å². The monoisotopic (exact) mass is 493 g/mol. The number of ether oxygens (including phenoxy) is 1. The first-order valence-electron chi connectivity index (χ1n) is 9.94. The summed E-state index contributed by atoms with van der Waals surface area (Å²) in [6, 6.07) is 5.44. The Bertz CT molecular complexity index is 1000. The molecule has 1 fully saturated rings. The molecule has 176 valence electrons. The third kappa shape index (κ3) is 6.47. The number of hydrogen-bond acceptors (Lipinski definition) is 6. The molecule has 1 unspecified atom stereocenters. The topological polar surface area (TPSA) is 94.7 Å². The first-order chi connectivity index (χ1) is 15.0. The highest BCUT2D eigenvalue weighted by Gasteiger charge is 2.38. The fourth-order valence-corrected chi connectivity index (χ4v) is 4.47. The molecule has 32 heavy (non-hydrogen) atoms. The van der Waals surface area contributed by atoms with Crippen LogP contribution in [0.1, 0.15) is 33.8 Å². The molecule has 1 aromatic carbocycles. The predicted octanol–water partition coefficient (Wildman–Crippen LogP) is 3.05. The van der Waals surface area contributed by atoms with Crippen molar-refractivity contribution in [1.29, 1.82) is 0 Å². The minimum absolute atomic E-state index is 0.0279. The SMILES string of the molecule is Cc1cc(Cl)ccc1OC1CCN(CC(O)CNC(=O)c2sc(=O)[nH]c2C(F)(F)F)CC1. The minimum Gasteiger partial charge on any atom is -0.490 e. The van der Waals surface area contributed by atoms with Crippen LogP contribution < -0.4 is 14.9 Å². The lowest BCUT2D eigenvalue weighted by atomic mass is 10.1. The molecule has 1 aromatic heterocycles. The van der Waals surface area contributed by atoms with Gasteiger partial charge in [0.15, 0.2) is 0 Å². The number of aryl methyl sites for hydroxylation is 1. The highest BCUT2D eigenvalue weighted by molar-refractivity contribution is 7.11. The van der Waals surface area contributed by atoms with Crippen molar-refractivity contribution in [1.82, 2.24) is 15.2 Å². The second-order valence-electron chi connectivity index (χ2n) is 7.61. The summed E-state index contributed by atoms with van der Waals surface area (Å²) in [6.45, 7) is 3.27. The summed E-state index contributed by atoms with van der Waals surface area (Å²) in [5.74, 6) is -0.272. The van der Waals surface area contributed by atoms with E-state index >= 15 is 0 Å². The number of thiazole rings is 1. The molecule has 2 heterocycles. The molecule has 0 bridgehead atoms. The van der Waals surface area contributed by atoms with Gasteiger partial charge in [-0.25, -0.2) is 0 Å². The van der Waals surface area contributed by atoms with E-state index in [1.807, 2.05) is 24.0 Å². The molecule has 7 nitrogen and oxygen atoms in total. The second kappa shape index (κ2) is 10.2. The van der Waals surface area contributed by atoms with Gasteiger partial charge in [0, 0.05) is 31.2 Å². The maximum absolute atomic E-state index is 12.9. The van der Waals surface area contributed by atoms with Crippen molar-refractivity contribution in [3.8, 4) is 5.75 Å². The van der Waals surface area contributed by atoms with E-state index in [1.54, 1.807) is 11.1 Å². The van der Waals surface area contributed by atoms with E-state index < -0.39 is 33.6 Å². The zero-order valence-corrected chi connectivity index (χ0v) is 18.7. The van der Waals surface area contributed by atoms with Gasteiger partial charge in [-0.2, -0.15) is 13.2 Å². The lowest BCUT2D eigenvalue weighted by Gasteiger charge is -2.33. The van der Waals surface area contributed by atoms with Crippen LogP contribution in [0.4, 0.5) is 13.2 Å². The van der Waals surface area contributed by atoms with Crippen molar-refractivity contribution in [2.75, 3.05) is 26.2 Å². The van der Waals surface area contributed by atoms with Crippen molar-refractivity contribution < 1.29 is 27.8 Å². The maximum atomic E-state index is 12.9. The number of amides is 1. The van der Waals surface area contributed by atoms with Gasteiger partial charge in [0.2, 0.25) is 0 Å². The third-order valence-electron chi connectivity index (χ3n) is 5.07. The Labute approximate surface area is 191 Å². The summed E-state index contributed by atoms with van der Waals surface area (Å²) in [4.78, 5) is 25.2. The van der Waals surface area contributed by atoms with E-state index in [0.29, 0.717) is 18.1 Å². The Hall–Kier alpha value is -2.08. The zero-order chi connectivity index (χ0) is 23.5. The van der Waals surface area contributed by atoms with Crippen molar-refractivity contribution in [3.63, 3.8) is 0 Å². The van der Waals surface area contributed by atoms with Crippen molar-refractivity contribution in [2.45, 2.75) is 38.1 Å². The Balaban J connectivity index is 1.44. The maximum Gasteiger partial charge on any atom is 0.432 e. The molecule has 2 aromatic rings. The van der Waals surface area contributed by atoms with E-state index in [9.17, 15) is 27.9 Å². The molecule has 1 atom stereocenters. The van der Waals surface area contributed by atoms with Crippen LogP contribution in [0, 0.1) is 6.92 Å². The molecule has 0 saturated carbocycles. The molecule has 0 radical (unpaired) electrons. The Morgan fingerprint density at radius 1 is 1.41 bits per heavy atom. The van der Waals surface area contributed by atoms with Crippen LogP contribution in [0.3, 0.4) is 0 Å². The van der Waals surface area contributed by atoms with E-state index in [1.165, 1.54) is 0 Å². The molecule has 12 heteroatoms. The number of likely N-dealkylation sites (tertiary alicyclic amines) is 1. The normalized spacial score (nSPS) is 16.7. The number of benzene rings is 1. The van der Waals surface area contributed by atoms with Gasteiger partial charge in [-0.15, -0.1) is 0 Å². The molecular weight excluding hydrogens is 471 g/mol. The summed E-state index contributed by atoms with van der Waals surface area (Å²) < 4.78 is 44.8. The summed E-state index contributed by atoms with van der Waals surface area (Å²) in [5, 5.41) is 13.1. The lowest BCUT2D eigenvalue weighted by Crippen LogP contribution is -2.45. The standard InChI is InChI=1S/C20H23ClF3N3O4S/c1-11-8-12(21)2-3-15(11)31-14-4-6-27(7-5-14)10-13(28)9-25-18(29)16-17(20(22,23)24)26-19(30)32-16/h2-3,8,13-14,28H,4-7,9-10H2,1H3,(H,25,29)(H,26,30). The molecular formula is C20H23ClF3N3O4S. The van der Waals surface area contributed by atoms with Crippen LogP contribution in [0.25, 0.3) is 0 Å².